The number of amides is 2. The van der Waals surface area contributed by atoms with Crippen LogP contribution in [0, 0.1) is 0 Å². The fourth-order valence-corrected chi connectivity index (χ4v) is 13.9. The summed E-state index contributed by atoms with van der Waals surface area (Å²) in [5, 5.41) is 0.368. The summed E-state index contributed by atoms with van der Waals surface area (Å²) in [5.41, 5.74) is 0.512. The maximum atomic E-state index is 12.7. The van der Waals surface area contributed by atoms with Crippen LogP contribution in [0.25, 0.3) is 21.5 Å². The van der Waals surface area contributed by atoms with Crippen LogP contribution in [0.4, 0.5) is 11.4 Å². The van der Waals surface area contributed by atoms with Crippen molar-refractivity contribution in [3.05, 3.63) is 108 Å². The van der Waals surface area contributed by atoms with Gasteiger partial charge in [0, 0.05) is 71.8 Å². The highest BCUT2D eigenvalue weighted by Crippen LogP contribution is 2.54. The van der Waals surface area contributed by atoms with E-state index < -0.39 is 105 Å². The second-order valence-corrected chi connectivity index (χ2v) is 27.9. The maximum absolute atomic E-state index is 12.7. The third kappa shape index (κ3) is 16.4. The van der Waals surface area contributed by atoms with Gasteiger partial charge in [-0.2, -0.15) is 38.2 Å². The molecule has 3 aliphatic rings. The SMILES string of the molecule is COCCN1C(=CC=CC=CC=CC2=[N+](CCOCCOCCOCCOCCC(=O)ON3C(=O)CCC3=O)c3ccc4c(S(=O)(=O)[O-])cc(S(=O)(=O)O)cc4c3C2(C)C)C(C)(CCCS(=O)(=O)O)c2c1ccc1c(S(=O)(=O)O)cc(S(=O)(=O)O)cc21. The number of hydroxylamine groups is 2. The number of ether oxygens (including phenoxy) is 5. The summed E-state index contributed by atoms with van der Waals surface area (Å²) in [7, 11) is -23.5. The van der Waals surface area contributed by atoms with E-state index in [1.165, 1.54) is 19.2 Å². The molecule has 87 heavy (non-hydrogen) atoms. The topological polar surface area (TPSA) is 391 Å². The number of allylic oxidation sites excluding steroid dienone is 8. The molecule has 4 aromatic carbocycles. The van der Waals surface area contributed by atoms with Crippen molar-refractivity contribution in [2.75, 3.05) is 90.3 Å². The molecule has 1 fully saturated rings. The molecule has 0 spiro atoms. The van der Waals surface area contributed by atoms with Gasteiger partial charge in [0.1, 0.15) is 21.6 Å². The second-order valence-electron chi connectivity index (χ2n) is 20.8. The number of rotatable bonds is 31. The number of fused-ring (bicyclic) bond motifs is 6. The minimum Gasteiger partial charge on any atom is -0.744 e. The van der Waals surface area contributed by atoms with Gasteiger partial charge in [-0.05, 0) is 92.4 Å². The van der Waals surface area contributed by atoms with E-state index in [1.54, 1.807) is 75.4 Å². The van der Waals surface area contributed by atoms with Gasteiger partial charge >= 0.3 is 5.97 Å². The summed E-state index contributed by atoms with van der Waals surface area (Å²) in [6.07, 6.45) is 11.4. The van der Waals surface area contributed by atoms with E-state index in [2.05, 4.69) is 0 Å². The van der Waals surface area contributed by atoms with Crippen LogP contribution in [0.5, 0.6) is 0 Å². The van der Waals surface area contributed by atoms with Crippen molar-refractivity contribution in [3.8, 4) is 0 Å². The molecule has 474 valence electrons. The Morgan fingerprint density at radius 1 is 0.644 bits per heavy atom. The molecule has 7 rings (SSSR count). The van der Waals surface area contributed by atoms with Gasteiger partial charge < -0.3 is 38.0 Å². The lowest BCUT2D eigenvalue weighted by Gasteiger charge is -2.30. The van der Waals surface area contributed by atoms with E-state index >= 15 is 0 Å². The molecule has 0 aromatic heterocycles. The Morgan fingerprint density at radius 3 is 1.74 bits per heavy atom. The third-order valence-electron chi connectivity index (χ3n) is 14.6. The van der Waals surface area contributed by atoms with Crippen LogP contribution >= 0.6 is 0 Å². The number of hydrogen-bond donors (Lipinski definition) is 4. The molecule has 0 radical (unpaired) electrons. The highest BCUT2D eigenvalue weighted by atomic mass is 32.2. The first-order chi connectivity index (χ1) is 40.7. The van der Waals surface area contributed by atoms with Crippen LogP contribution in [-0.4, -0.2) is 183 Å². The van der Waals surface area contributed by atoms with Crippen molar-refractivity contribution >= 4 is 107 Å². The number of anilines is 1. The largest absolute Gasteiger partial charge is 0.744 e. The van der Waals surface area contributed by atoms with Gasteiger partial charge in [-0.3, -0.25) is 27.8 Å². The smallest absolute Gasteiger partial charge is 0.335 e. The van der Waals surface area contributed by atoms with Crippen LogP contribution < -0.4 is 4.90 Å². The molecule has 4 N–H and O–H groups in total. The Hall–Kier alpha value is -6.21. The van der Waals surface area contributed by atoms with Crippen LogP contribution in [0.1, 0.15) is 64.0 Å². The molecule has 1 saturated heterocycles. The molecule has 1 unspecified atom stereocenters. The minimum absolute atomic E-state index is 0.00687. The number of methoxy groups -OCH3 is 1. The summed E-state index contributed by atoms with van der Waals surface area (Å²) < 4.78 is 207. The van der Waals surface area contributed by atoms with Gasteiger partial charge in [0.15, 0.2) is 12.3 Å². The molecule has 0 saturated carbocycles. The Labute approximate surface area is 503 Å². The molecular weight excluding hydrogens is 1250 g/mol. The molecule has 0 aliphatic carbocycles. The fraction of sp³-hybridized carbons (Fsp3) is 0.418. The lowest BCUT2D eigenvalue weighted by molar-refractivity contribution is -0.442. The predicted molar refractivity (Wildman–Crippen MR) is 311 cm³/mol. The van der Waals surface area contributed by atoms with Crippen molar-refractivity contribution in [1.29, 1.82) is 0 Å². The highest BCUT2D eigenvalue weighted by molar-refractivity contribution is 7.87. The highest BCUT2D eigenvalue weighted by Gasteiger charge is 2.47. The van der Waals surface area contributed by atoms with Crippen molar-refractivity contribution in [2.45, 2.75) is 83.3 Å². The van der Waals surface area contributed by atoms with E-state index in [0.717, 1.165) is 12.1 Å². The number of carbonyl (C=O) groups excluding carboxylic acids is 3. The quantitative estimate of drug-likeness (QED) is 0.0174. The number of benzene rings is 4. The molecule has 2 amide bonds. The van der Waals surface area contributed by atoms with E-state index in [4.69, 9.17) is 28.5 Å². The first kappa shape index (κ1) is 68.3. The fourth-order valence-electron chi connectivity index (χ4n) is 10.7. The second kappa shape index (κ2) is 27.7. The number of hydrogen-bond acceptors (Lipinski definition) is 21. The van der Waals surface area contributed by atoms with E-state index in [9.17, 15) is 79.2 Å². The molecule has 3 aliphatic heterocycles. The van der Waals surface area contributed by atoms with E-state index in [-0.39, 0.29) is 126 Å². The van der Waals surface area contributed by atoms with Crippen molar-refractivity contribution in [1.82, 2.24) is 5.06 Å². The number of imide groups is 1. The Kier molecular flexibility index (Phi) is 21.7. The van der Waals surface area contributed by atoms with Crippen molar-refractivity contribution in [2.24, 2.45) is 0 Å². The lowest BCUT2D eigenvalue weighted by atomic mass is 9.75. The van der Waals surface area contributed by atoms with Crippen LogP contribution in [0.3, 0.4) is 0 Å². The summed E-state index contributed by atoms with van der Waals surface area (Å²) in [6, 6.07) is 9.29. The zero-order valence-corrected chi connectivity index (χ0v) is 51.6. The third-order valence-corrected chi connectivity index (χ3v) is 18.8. The van der Waals surface area contributed by atoms with Gasteiger partial charge in [-0.25, -0.2) is 13.2 Å². The van der Waals surface area contributed by atoms with Gasteiger partial charge in [0.05, 0.1) is 85.1 Å². The zero-order chi connectivity index (χ0) is 63.9. The average Bonchev–Trinajstić information content (AvgIpc) is 1.62. The minimum atomic E-state index is -5.28. The molecule has 4 aromatic rings. The van der Waals surface area contributed by atoms with Gasteiger partial charge in [-0.1, -0.05) is 36.4 Å². The van der Waals surface area contributed by atoms with Gasteiger partial charge in [0.25, 0.3) is 52.3 Å². The number of carbonyl (C=O) groups is 3. The monoisotopic (exact) mass is 1310 g/mol. The lowest BCUT2D eigenvalue weighted by Crippen LogP contribution is -2.32. The van der Waals surface area contributed by atoms with Gasteiger partial charge in [0.2, 0.25) is 5.69 Å². The molecular formula is C55H65N3O24S5. The molecule has 1 atom stereocenters. The Balaban J connectivity index is 1.11. The number of nitrogens with zero attached hydrogens (tertiary/aromatic N) is 3. The molecule has 32 heteroatoms. The van der Waals surface area contributed by atoms with Crippen molar-refractivity contribution in [3.63, 3.8) is 0 Å². The average molecular weight is 1310 g/mol. The van der Waals surface area contributed by atoms with Gasteiger partial charge in [-0.15, -0.1) is 5.06 Å². The molecule has 27 nitrogen and oxygen atoms in total. The van der Waals surface area contributed by atoms with E-state index in [1.807, 2.05) is 9.48 Å². The van der Waals surface area contributed by atoms with Crippen LogP contribution in [0.15, 0.2) is 116 Å². The summed E-state index contributed by atoms with van der Waals surface area (Å²) in [5.74, 6) is -2.62. The van der Waals surface area contributed by atoms with E-state index in [0.29, 0.717) is 51.1 Å². The first-order valence-electron chi connectivity index (χ1n) is 26.8. The Bertz CT molecular complexity index is 4090. The normalized spacial score (nSPS) is 18.1. The predicted octanol–water partition coefficient (Wildman–Crippen LogP) is 4.72. The molecule has 0 bridgehead atoms. The molecule has 3 heterocycles. The van der Waals surface area contributed by atoms with Crippen molar-refractivity contribution < 1.29 is 112 Å². The summed E-state index contributed by atoms with van der Waals surface area (Å²) in [4.78, 5) is 38.4. The summed E-state index contributed by atoms with van der Waals surface area (Å²) in [6.45, 7) is 6.95. The standard InChI is InChI=1S/C55H65N3O24S5/c1-54(2)47(11-8-6-5-7-9-12-48-55(3,20-10-32-83(62,63)64)53-42-34-38(85(68,69)70)36-46(87(74,75)76)40(42)14-16-44(53)57(48)21-24-77-4)56(43-15-13-39-41(52(43)54)33-37(84(65,66)67)35-45(39)86(71,72)73)22-25-79-27-29-81-31-30-80-28-26-78-23-19-51(61)82-58-49(59)17-18-50(58)60/h5-9,11-16,33-36H,10,17-32H2,1-4H3,(H4-,62,63,64,65,66,67,68,69,70,71,72,73,74,75,76). The Morgan fingerprint density at radius 2 is 1.17 bits per heavy atom. The van der Waals surface area contributed by atoms with Crippen LogP contribution in [-0.2, 0) is 104 Å². The summed E-state index contributed by atoms with van der Waals surface area (Å²) >= 11 is 0. The maximum Gasteiger partial charge on any atom is 0.335 e. The zero-order valence-electron chi connectivity index (χ0n) is 47.5. The first-order valence-corrected chi connectivity index (χ1v) is 34.1. The van der Waals surface area contributed by atoms with Crippen LogP contribution in [0.2, 0.25) is 0 Å².